The Balaban J connectivity index is 1.80. The molecule has 3 rings (SSSR count). The summed E-state index contributed by atoms with van der Waals surface area (Å²) in [5.74, 6) is 1.01. The summed E-state index contributed by atoms with van der Waals surface area (Å²) in [5.41, 5.74) is 2.45. The number of hydrogen-bond donors (Lipinski definition) is 2. The first-order chi connectivity index (χ1) is 8.70. The minimum Gasteiger partial charge on any atom is -0.342 e. The molecule has 1 aromatic heterocycles. The lowest BCUT2D eigenvalue weighted by molar-refractivity contribution is 0.304. The predicted molar refractivity (Wildman–Crippen MR) is 75.0 cm³/mol. The molecule has 0 unspecified atom stereocenters. The monoisotopic (exact) mass is 244 g/mol. The summed E-state index contributed by atoms with van der Waals surface area (Å²) in [6.07, 6.45) is 2.31. The average Bonchev–Trinajstić information content (AvgIpc) is 2.83. The maximum Gasteiger partial charge on any atom is 0.203 e. The maximum absolute atomic E-state index is 4.66. The summed E-state index contributed by atoms with van der Waals surface area (Å²) in [7, 11) is 2.05. The second kappa shape index (κ2) is 4.28. The lowest BCUT2D eigenvalue weighted by Crippen LogP contribution is -2.50. The van der Waals surface area contributed by atoms with Crippen LogP contribution in [0.5, 0.6) is 0 Å². The highest BCUT2D eigenvalue weighted by atomic mass is 15.3. The van der Waals surface area contributed by atoms with Crippen molar-refractivity contribution in [1.82, 2.24) is 15.3 Å². The molecule has 1 aromatic carbocycles. The van der Waals surface area contributed by atoms with Gasteiger partial charge in [0.05, 0.1) is 11.0 Å². The molecule has 96 valence electrons. The average molecular weight is 244 g/mol. The molecule has 0 bridgehead atoms. The van der Waals surface area contributed by atoms with E-state index in [0.29, 0.717) is 0 Å². The van der Waals surface area contributed by atoms with Gasteiger partial charge >= 0.3 is 0 Å². The number of benzene rings is 1. The first kappa shape index (κ1) is 11.5. The molecular weight excluding hydrogens is 224 g/mol. The summed E-state index contributed by atoms with van der Waals surface area (Å²) in [6.45, 7) is 4.40. The van der Waals surface area contributed by atoms with Crippen LogP contribution < -0.4 is 10.2 Å². The minimum absolute atomic E-state index is 0.280. The second-order valence-corrected chi connectivity index (χ2v) is 5.38. The van der Waals surface area contributed by atoms with Gasteiger partial charge in [0.2, 0.25) is 5.95 Å². The van der Waals surface area contributed by atoms with Crippen LogP contribution in [0, 0.1) is 0 Å². The smallest absolute Gasteiger partial charge is 0.203 e. The van der Waals surface area contributed by atoms with E-state index in [9.17, 15) is 0 Å². The number of H-pyrrole nitrogens is 1. The van der Waals surface area contributed by atoms with Crippen LogP contribution in [0.25, 0.3) is 11.0 Å². The largest absolute Gasteiger partial charge is 0.342 e. The number of nitrogens with one attached hydrogen (secondary N) is 2. The van der Waals surface area contributed by atoms with Crippen molar-refractivity contribution in [3.63, 3.8) is 0 Å². The van der Waals surface area contributed by atoms with E-state index < -0.39 is 0 Å². The van der Waals surface area contributed by atoms with E-state index in [-0.39, 0.29) is 5.54 Å². The Bertz CT molecular complexity index is 504. The van der Waals surface area contributed by atoms with Crippen molar-refractivity contribution < 1.29 is 0 Å². The molecule has 1 saturated heterocycles. The zero-order valence-corrected chi connectivity index (χ0v) is 11.0. The molecule has 2 aromatic rings. The number of nitrogens with zero attached hydrogens (tertiary/aromatic N) is 2. The highest BCUT2D eigenvalue weighted by Crippen LogP contribution is 2.25. The van der Waals surface area contributed by atoms with Gasteiger partial charge in [-0.05, 0) is 38.9 Å². The van der Waals surface area contributed by atoms with Crippen molar-refractivity contribution in [3.8, 4) is 0 Å². The molecule has 2 N–H and O–H groups in total. The van der Waals surface area contributed by atoms with E-state index in [1.807, 2.05) is 12.1 Å². The van der Waals surface area contributed by atoms with Gasteiger partial charge in [-0.15, -0.1) is 0 Å². The van der Waals surface area contributed by atoms with Gasteiger partial charge in [0.1, 0.15) is 0 Å². The number of aromatic amines is 1. The van der Waals surface area contributed by atoms with E-state index in [1.54, 1.807) is 0 Å². The molecule has 0 spiro atoms. The number of hydrogen-bond acceptors (Lipinski definition) is 3. The Morgan fingerprint density at radius 1 is 1.28 bits per heavy atom. The zero-order chi connectivity index (χ0) is 12.6. The van der Waals surface area contributed by atoms with Gasteiger partial charge in [0.25, 0.3) is 0 Å². The molecule has 1 aliphatic rings. The molecule has 0 radical (unpaired) electrons. The van der Waals surface area contributed by atoms with Crippen molar-refractivity contribution in [1.29, 1.82) is 0 Å². The van der Waals surface area contributed by atoms with Crippen LogP contribution in [-0.2, 0) is 0 Å². The Hall–Kier alpha value is -1.55. The Kier molecular flexibility index (Phi) is 2.74. The first-order valence-corrected chi connectivity index (χ1v) is 6.59. The van der Waals surface area contributed by atoms with Gasteiger partial charge in [-0.2, -0.15) is 0 Å². The molecule has 0 atom stereocenters. The van der Waals surface area contributed by atoms with Gasteiger partial charge in [0, 0.05) is 18.6 Å². The van der Waals surface area contributed by atoms with Crippen LogP contribution in [0.15, 0.2) is 24.3 Å². The van der Waals surface area contributed by atoms with Gasteiger partial charge in [-0.3, -0.25) is 0 Å². The normalized spacial score (nSPS) is 19.3. The lowest BCUT2D eigenvalue weighted by atomic mass is 9.90. The van der Waals surface area contributed by atoms with Crippen LogP contribution in [0.3, 0.4) is 0 Å². The fourth-order valence-corrected chi connectivity index (χ4v) is 2.55. The van der Waals surface area contributed by atoms with Gasteiger partial charge in [0.15, 0.2) is 0 Å². The quantitative estimate of drug-likeness (QED) is 0.850. The van der Waals surface area contributed by atoms with E-state index in [4.69, 9.17) is 0 Å². The summed E-state index contributed by atoms with van der Waals surface area (Å²) < 4.78 is 0. The standard InChI is InChI=1S/C14H20N4/c1-14(15-2)7-9-18(10-8-14)13-16-11-5-3-4-6-12(11)17-13/h3-6,15H,7-10H2,1-2H3,(H,16,17). The Morgan fingerprint density at radius 3 is 2.67 bits per heavy atom. The molecule has 4 nitrogen and oxygen atoms in total. The fraction of sp³-hybridized carbons (Fsp3) is 0.500. The summed E-state index contributed by atoms with van der Waals surface area (Å²) in [4.78, 5) is 10.4. The third-order valence-electron chi connectivity index (χ3n) is 4.15. The lowest BCUT2D eigenvalue weighted by Gasteiger charge is -2.39. The highest BCUT2D eigenvalue weighted by Gasteiger charge is 2.29. The van der Waals surface area contributed by atoms with Crippen molar-refractivity contribution in [2.45, 2.75) is 25.3 Å². The van der Waals surface area contributed by atoms with Crippen molar-refractivity contribution in [2.24, 2.45) is 0 Å². The summed E-state index contributed by atoms with van der Waals surface area (Å²) >= 11 is 0. The van der Waals surface area contributed by atoms with Crippen molar-refractivity contribution in [2.75, 3.05) is 25.0 Å². The van der Waals surface area contributed by atoms with E-state index in [2.05, 4.69) is 46.3 Å². The van der Waals surface area contributed by atoms with E-state index in [1.165, 1.54) is 0 Å². The Morgan fingerprint density at radius 2 is 2.00 bits per heavy atom. The topological polar surface area (TPSA) is 44.0 Å². The van der Waals surface area contributed by atoms with Gasteiger partial charge in [-0.1, -0.05) is 12.1 Å². The van der Waals surface area contributed by atoms with Crippen molar-refractivity contribution >= 4 is 17.0 Å². The molecule has 1 aliphatic heterocycles. The molecule has 0 saturated carbocycles. The maximum atomic E-state index is 4.66. The number of aromatic nitrogens is 2. The summed E-state index contributed by atoms with van der Waals surface area (Å²) in [6, 6.07) is 8.20. The molecule has 0 aliphatic carbocycles. The number of piperidine rings is 1. The molecule has 2 heterocycles. The van der Waals surface area contributed by atoms with Crippen LogP contribution in [0.4, 0.5) is 5.95 Å². The second-order valence-electron chi connectivity index (χ2n) is 5.38. The number of para-hydroxylation sites is 2. The number of rotatable bonds is 2. The third kappa shape index (κ3) is 1.97. The van der Waals surface area contributed by atoms with Crippen LogP contribution in [-0.4, -0.2) is 35.6 Å². The summed E-state index contributed by atoms with van der Waals surface area (Å²) in [5, 5.41) is 3.42. The number of anilines is 1. The SMILES string of the molecule is CNC1(C)CCN(c2nc3ccccc3[nH]2)CC1. The third-order valence-corrected chi connectivity index (χ3v) is 4.15. The number of imidazole rings is 1. The van der Waals surface area contributed by atoms with Gasteiger partial charge < -0.3 is 15.2 Å². The minimum atomic E-state index is 0.280. The fourth-order valence-electron chi connectivity index (χ4n) is 2.55. The van der Waals surface area contributed by atoms with Crippen LogP contribution in [0.1, 0.15) is 19.8 Å². The Labute approximate surface area is 107 Å². The zero-order valence-electron chi connectivity index (χ0n) is 11.0. The predicted octanol–water partition coefficient (Wildman–Crippen LogP) is 2.14. The number of fused-ring (bicyclic) bond motifs is 1. The molecular formula is C14H20N4. The molecule has 18 heavy (non-hydrogen) atoms. The molecule has 1 fully saturated rings. The van der Waals surface area contributed by atoms with Gasteiger partial charge in [-0.25, -0.2) is 4.98 Å². The van der Waals surface area contributed by atoms with E-state index >= 15 is 0 Å². The molecule has 4 heteroatoms. The van der Waals surface area contributed by atoms with Crippen LogP contribution >= 0.6 is 0 Å². The van der Waals surface area contributed by atoms with Crippen molar-refractivity contribution in [3.05, 3.63) is 24.3 Å². The highest BCUT2D eigenvalue weighted by molar-refractivity contribution is 5.77. The first-order valence-electron chi connectivity index (χ1n) is 6.59. The molecule has 0 amide bonds. The van der Waals surface area contributed by atoms with Crippen LogP contribution in [0.2, 0.25) is 0 Å². The van der Waals surface area contributed by atoms with E-state index in [0.717, 1.165) is 42.9 Å².